The zero-order valence-electron chi connectivity index (χ0n) is 14.7. The number of nitrogens with zero attached hydrogens (tertiary/aromatic N) is 2. The van der Waals surface area contributed by atoms with Gasteiger partial charge in [0, 0.05) is 31.7 Å². The third-order valence-electron chi connectivity index (χ3n) is 4.50. The van der Waals surface area contributed by atoms with Crippen molar-refractivity contribution in [1.82, 2.24) is 9.80 Å². The number of hydrogen-bond donors (Lipinski definition) is 0. The van der Waals surface area contributed by atoms with Crippen LogP contribution in [-0.4, -0.2) is 54.9 Å². The summed E-state index contributed by atoms with van der Waals surface area (Å²) in [7, 11) is 1.54. The lowest BCUT2D eigenvalue weighted by Gasteiger charge is -2.23. The van der Waals surface area contributed by atoms with Gasteiger partial charge in [-0.05, 0) is 42.8 Å². The quantitative estimate of drug-likeness (QED) is 0.850. The first kappa shape index (κ1) is 17.9. The maximum Gasteiger partial charge on any atom is 0.257 e. The molecule has 0 unspecified atom stereocenters. The fraction of sp³-hybridized carbons (Fsp3) is 0.300. The topological polar surface area (TPSA) is 49.9 Å². The first-order valence-corrected chi connectivity index (χ1v) is 8.57. The number of ether oxygens (including phenoxy) is 1. The van der Waals surface area contributed by atoms with Gasteiger partial charge in [-0.25, -0.2) is 4.39 Å². The van der Waals surface area contributed by atoms with Crippen LogP contribution < -0.4 is 4.74 Å². The number of halogens is 1. The largest absolute Gasteiger partial charge is 0.496 e. The van der Waals surface area contributed by atoms with Crippen molar-refractivity contribution in [2.24, 2.45) is 0 Å². The minimum absolute atomic E-state index is 0.0986. The molecule has 2 aromatic carbocycles. The Labute approximate surface area is 152 Å². The highest BCUT2D eigenvalue weighted by Crippen LogP contribution is 2.20. The lowest BCUT2D eigenvalue weighted by molar-refractivity contribution is 0.0717. The zero-order chi connectivity index (χ0) is 18.5. The second kappa shape index (κ2) is 7.99. The Morgan fingerprint density at radius 1 is 0.885 bits per heavy atom. The minimum Gasteiger partial charge on any atom is -0.496 e. The summed E-state index contributed by atoms with van der Waals surface area (Å²) in [5, 5.41) is 0. The highest BCUT2D eigenvalue weighted by Gasteiger charge is 2.25. The summed E-state index contributed by atoms with van der Waals surface area (Å²) in [6.07, 6.45) is 0.688. The Balaban J connectivity index is 1.69. The van der Waals surface area contributed by atoms with Gasteiger partial charge in [-0.3, -0.25) is 9.59 Å². The van der Waals surface area contributed by atoms with Crippen molar-refractivity contribution in [2.45, 2.75) is 6.42 Å². The van der Waals surface area contributed by atoms with Crippen LogP contribution in [0, 0.1) is 5.82 Å². The van der Waals surface area contributed by atoms with Crippen molar-refractivity contribution in [3.8, 4) is 5.75 Å². The van der Waals surface area contributed by atoms with E-state index in [0.717, 1.165) is 0 Å². The van der Waals surface area contributed by atoms with Crippen LogP contribution in [0.2, 0.25) is 0 Å². The normalized spacial score (nSPS) is 14.7. The second-order valence-corrected chi connectivity index (χ2v) is 6.15. The van der Waals surface area contributed by atoms with Crippen LogP contribution in [0.4, 0.5) is 4.39 Å². The number of rotatable bonds is 3. The van der Waals surface area contributed by atoms with Gasteiger partial charge in [-0.15, -0.1) is 0 Å². The smallest absolute Gasteiger partial charge is 0.257 e. The molecule has 0 atom stereocenters. The third-order valence-corrected chi connectivity index (χ3v) is 4.50. The summed E-state index contributed by atoms with van der Waals surface area (Å²) in [4.78, 5) is 28.9. The van der Waals surface area contributed by atoms with E-state index < -0.39 is 0 Å². The van der Waals surface area contributed by atoms with E-state index in [9.17, 15) is 14.0 Å². The molecule has 1 aliphatic heterocycles. The molecule has 2 aromatic rings. The standard InChI is InChI=1S/C20H21FN2O3/c1-26-18-6-3-2-5-17(18)20(25)23-12-4-11-22(13-14-23)19(24)15-7-9-16(21)10-8-15/h2-3,5-10H,4,11-14H2,1H3. The number of carbonyl (C=O) groups is 2. The number of amides is 2. The second-order valence-electron chi connectivity index (χ2n) is 6.15. The Kier molecular flexibility index (Phi) is 5.51. The van der Waals surface area contributed by atoms with Crippen LogP contribution in [0.3, 0.4) is 0 Å². The van der Waals surface area contributed by atoms with E-state index in [0.29, 0.717) is 49.5 Å². The van der Waals surface area contributed by atoms with Crippen molar-refractivity contribution in [1.29, 1.82) is 0 Å². The van der Waals surface area contributed by atoms with Crippen molar-refractivity contribution in [3.05, 3.63) is 65.5 Å². The molecule has 1 fully saturated rings. The van der Waals surface area contributed by atoms with E-state index in [2.05, 4.69) is 0 Å². The van der Waals surface area contributed by atoms with Crippen LogP contribution in [-0.2, 0) is 0 Å². The van der Waals surface area contributed by atoms with Crippen LogP contribution in [0.5, 0.6) is 5.75 Å². The molecule has 0 spiro atoms. The van der Waals surface area contributed by atoms with E-state index in [4.69, 9.17) is 4.74 Å². The van der Waals surface area contributed by atoms with Crippen LogP contribution >= 0.6 is 0 Å². The molecule has 0 aromatic heterocycles. The summed E-state index contributed by atoms with van der Waals surface area (Å²) in [6, 6.07) is 12.7. The molecule has 0 radical (unpaired) electrons. The molecule has 1 aliphatic rings. The van der Waals surface area contributed by atoms with E-state index in [1.165, 1.54) is 31.4 Å². The van der Waals surface area contributed by atoms with Gasteiger partial charge in [0.05, 0.1) is 12.7 Å². The minimum atomic E-state index is -0.369. The van der Waals surface area contributed by atoms with Gasteiger partial charge in [-0.2, -0.15) is 0 Å². The van der Waals surface area contributed by atoms with E-state index in [1.807, 2.05) is 6.07 Å². The molecule has 136 valence electrons. The number of benzene rings is 2. The Morgan fingerprint density at radius 2 is 1.50 bits per heavy atom. The predicted octanol–water partition coefficient (Wildman–Crippen LogP) is 2.82. The fourth-order valence-corrected chi connectivity index (χ4v) is 3.09. The first-order chi connectivity index (χ1) is 12.6. The molecule has 5 nitrogen and oxygen atoms in total. The summed E-state index contributed by atoms with van der Waals surface area (Å²) in [6.45, 7) is 2.02. The molecule has 2 amide bonds. The number of para-hydroxylation sites is 1. The van der Waals surface area contributed by atoms with Gasteiger partial charge in [0.2, 0.25) is 0 Å². The molecule has 0 bridgehead atoms. The third kappa shape index (κ3) is 3.85. The van der Waals surface area contributed by atoms with Gasteiger partial charge in [-0.1, -0.05) is 12.1 Å². The lowest BCUT2D eigenvalue weighted by atomic mass is 10.1. The van der Waals surface area contributed by atoms with Crippen molar-refractivity contribution in [2.75, 3.05) is 33.3 Å². The van der Waals surface area contributed by atoms with Gasteiger partial charge < -0.3 is 14.5 Å². The molecule has 26 heavy (non-hydrogen) atoms. The monoisotopic (exact) mass is 356 g/mol. The maximum atomic E-state index is 13.0. The van der Waals surface area contributed by atoms with Crippen molar-refractivity contribution >= 4 is 11.8 Å². The first-order valence-electron chi connectivity index (χ1n) is 8.57. The highest BCUT2D eigenvalue weighted by atomic mass is 19.1. The van der Waals surface area contributed by atoms with E-state index >= 15 is 0 Å². The molecular weight excluding hydrogens is 335 g/mol. The number of carbonyl (C=O) groups excluding carboxylic acids is 2. The molecule has 1 saturated heterocycles. The molecule has 0 N–H and O–H groups in total. The summed E-state index contributed by atoms with van der Waals surface area (Å²) in [5.74, 6) is -0.0675. The summed E-state index contributed by atoms with van der Waals surface area (Å²) in [5.41, 5.74) is 0.976. The molecule has 0 saturated carbocycles. The van der Waals surface area contributed by atoms with Gasteiger partial charge in [0.1, 0.15) is 11.6 Å². The average molecular weight is 356 g/mol. The molecule has 1 heterocycles. The van der Waals surface area contributed by atoms with Gasteiger partial charge in [0.25, 0.3) is 11.8 Å². The Bertz CT molecular complexity index is 792. The highest BCUT2D eigenvalue weighted by molar-refractivity contribution is 5.97. The van der Waals surface area contributed by atoms with Gasteiger partial charge >= 0.3 is 0 Å². The summed E-state index contributed by atoms with van der Waals surface area (Å²) < 4.78 is 18.3. The molecule has 3 rings (SSSR count). The maximum absolute atomic E-state index is 13.0. The lowest BCUT2D eigenvalue weighted by Crippen LogP contribution is -2.37. The van der Waals surface area contributed by atoms with E-state index in [-0.39, 0.29) is 17.6 Å². The molecule has 6 heteroatoms. The SMILES string of the molecule is COc1ccccc1C(=O)N1CCCN(C(=O)c2ccc(F)cc2)CC1. The summed E-state index contributed by atoms with van der Waals surface area (Å²) >= 11 is 0. The van der Waals surface area contributed by atoms with Crippen LogP contribution in [0.25, 0.3) is 0 Å². The molecule has 0 aliphatic carbocycles. The predicted molar refractivity (Wildman–Crippen MR) is 95.8 cm³/mol. The number of hydrogen-bond acceptors (Lipinski definition) is 3. The van der Waals surface area contributed by atoms with Gasteiger partial charge in [0.15, 0.2) is 0 Å². The van der Waals surface area contributed by atoms with E-state index in [1.54, 1.807) is 28.0 Å². The molecular formula is C20H21FN2O3. The number of methoxy groups -OCH3 is 1. The average Bonchev–Trinajstić information content (AvgIpc) is 2.93. The Hall–Kier alpha value is -2.89. The zero-order valence-corrected chi connectivity index (χ0v) is 14.7. The fourth-order valence-electron chi connectivity index (χ4n) is 3.09. The van der Waals surface area contributed by atoms with Crippen LogP contribution in [0.1, 0.15) is 27.1 Å². The Morgan fingerprint density at radius 3 is 2.15 bits per heavy atom. The van der Waals surface area contributed by atoms with Crippen LogP contribution in [0.15, 0.2) is 48.5 Å². The van der Waals surface area contributed by atoms with Crippen molar-refractivity contribution < 1.29 is 18.7 Å². The van der Waals surface area contributed by atoms with Crippen molar-refractivity contribution in [3.63, 3.8) is 0 Å².